The third kappa shape index (κ3) is 3.71. The fourth-order valence-corrected chi connectivity index (χ4v) is 2.01. The zero-order valence-corrected chi connectivity index (χ0v) is 10.9. The fourth-order valence-electron chi connectivity index (χ4n) is 2.01. The van der Waals surface area contributed by atoms with Crippen LogP contribution < -0.4 is 5.73 Å². The molecule has 4 heteroatoms. The molecule has 0 heterocycles. The van der Waals surface area contributed by atoms with Gasteiger partial charge in [0.05, 0.1) is 0 Å². The molecule has 0 fully saturated rings. The molecule has 0 bridgehead atoms. The van der Waals surface area contributed by atoms with E-state index in [0.717, 1.165) is 23.8 Å². The number of ketones is 1. The summed E-state index contributed by atoms with van der Waals surface area (Å²) in [5, 5.41) is 0. The first-order chi connectivity index (χ1) is 9.56. The molecule has 0 aliphatic heterocycles. The second-order valence-electron chi connectivity index (χ2n) is 4.64. The van der Waals surface area contributed by atoms with Crippen LogP contribution in [0.4, 0.5) is 8.78 Å². The lowest BCUT2D eigenvalue weighted by Gasteiger charge is -2.11. The molecule has 0 aliphatic carbocycles. The summed E-state index contributed by atoms with van der Waals surface area (Å²) >= 11 is 0. The van der Waals surface area contributed by atoms with Gasteiger partial charge in [0.1, 0.15) is 11.6 Å². The van der Waals surface area contributed by atoms with Crippen molar-refractivity contribution in [3.63, 3.8) is 0 Å². The largest absolute Gasteiger partial charge is 0.324 e. The van der Waals surface area contributed by atoms with Crippen molar-refractivity contribution >= 4 is 5.78 Å². The van der Waals surface area contributed by atoms with Crippen LogP contribution >= 0.6 is 0 Å². The summed E-state index contributed by atoms with van der Waals surface area (Å²) in [5.74, 6) is -1.81. The number of halogens is 2. The number of hydrogen-bond donors (Lipinski definition) is 1. The maximum atomic E-state index is 13.0. The van der Waals surface area contributed by atoms with Crippen molar-refractivity contribution < 1.29 is 13.6 Å². The third-order valence-corrected chi connectivity index (χ3v) is 3.09. The molecule has 2 rings (SSSR count). The van der Waals surface area contributed by atoms with E-state index in [0.29, 0.717) is 6.42 Å². The number of nitrogens with two attached hydrogens (primary N) is 1. The van der Waals surface area contributed by atoms with Gasteiger partial charge in [0.25, 0.3) is 0 Å². The summed E-state index contributed by atoms with van der Waals surface area (Å²) < 4.78 is 26.1. The van der Waals surface area contributed by atoms with Gasteiger partial charge in [0.15, 0.2) is 5.78 Å². The van der Waals surface area contributed by atoms with Gasteiger partial charge in [0.2, 0.25) is 0 Å². The third-order valence-electron chi connectivity index (χ3n) is 3.09. The molecule has 0 aromatic heterocycles. The monoisotopic (exact) mass is 275 g/mol. The zero-order valence-electron chi connectivity index (χ0n) is 10.9. The maximum Gasteiger partial charge on any atom is 0.163 e. The summed E-state index contributed by atoms with van der Waals surface area (Å²) in [4.78, 5) is 11.9. The molecule has 104 valence electrons. The molecule has 0 saturated carbocycles. The minimum absolute atomic E-state index is 0.0442. The second-order valence-corrected chi connectivity index (χ2v) is 4.64. The SMILES string of the molecule is NC(CCC(=O)c1cc(F)cc(F)c1)c1ccccc1. The van der Waals surface area contributed by atoms with Crippen molar-refractivity contribution in [1.29, 1.82) is 0 Å². The summed E-state index contributed by atoms with van der Waals surface area (Å²) in [6.45, 7) is 0. The van der Waals surface area contributed by atoms with Crippen molar-refractivity contribution in [3.05, 3.63) is 71.3 Å². The molecular weight excluding hydrogens is 260 g/mol. The molecule has 20 heavy (non-hydrogen) atoms. The minimum atomic E-state index is -0.749. The molecule has 0 amide bonds. The van der Waals surface area contributed by atoms with Gasteiger partial charge < -0.3 is 5.73 Å². The quantitative estimate of drug-likeness (QED) is 0.847. The number of rotatable bonds is 5. The van der Waals surface area contributed by atoms with Crippen molar-refractivity contribution in [2.45, 2.75) is 18.9 Å². The number of hydrogen-bond acceptors (Lipinski definition) is 2. The topological polar surface area (TPSA) is 43.1 Å². The number of carbonyl (C=O) groups is 1. The summed E-state index contributed by atoms with van der Waals surface area (Å²) in [5.41, 5.74) is 6.96. The van der Waals surface area contributed by atoms with Gasteiger partial charge >= 0.3 is 0 Å². The Kier molecular flexibility index (Phi) is 4.58. The molecule has 0 radical (unpaired) electrons. The van der Waals surface area contributed by atoms with Gasteiger partial charge in [-0.1, -0.05) is 30.3 Å². The minimum Gasteiger partial charge on any atom is -0.324 e. The van der Waals surface area contributed by atoms with Crippen LogP contribution in [-0.2, 0) is 0 Å². The van der Waals surface area contributed by atoms with Gasteiger partial charge in [-0.2, -0.15) is 0 Å². The zero-order chi connectivity index (χ0) is 14.5. The Morgan fingerprint density at radius 3 is 2.25 bits per heavy atom. The lowest BCUT2D eigenvalue weighted by molar-refractivity contribution is 0.0976. The first-order valence-electron chi connectivity index (χ1n) is 6.36. The van der Waals surface area contributed by atoms with E-state index in [9.17, 15) is 13.6 Å². The van der Waals surface area contributed by atoms with Crippen LogP contribution in [0.1, 0.15) is 34.8 Å². The van der Waals surface area contributed by atoms with E-state index in [4.69, 9.17) is 5.73 Å². The van der Waals surface area contributed by atoms with Crippen molar-refractivity contribution in [2.75, 3.05) is 0 Å². The lowest BCUT2D eigenvalue weighted by atomic mass is 9.99. The van der Waals surface area contributed by atoms with E-state index in [1.54, 1.807) is 0 Å². The molecule has 2 N–H and O–H groups in total. The van der Waals surface area contributed by atoms with Crippen LogP contribution in [0.15, 0.2) is 48.5 Å². The Morgan fingerprint density at radius 1 is 1.05 bits per heavy atom. The van der Waals surface area contributed by atoms with Gasteiger partial charge in [-0.3, -0.25) is 4.79 Å². The molecular formula is C16H15F2NO. The molecule has 0 aliphatic rings. The summed E-state index contributed by atoms with van der Waals surface area (Å²) in [7, 11) is 0. The maximum absolute atomic E-state index is 13.0. The average Bonchev–Trinajstić information content (AvgIpc) is 2.44. The van der Waals surface area contributed by atoms with E-state index in [2.05, 4.69) is 0 Å². The van der Waals surface area contributed by atoms with E-state index >= 15 is 0 Å². The molecule has 2 aromatic carbocycles. The predicted octanol–water partition coefficient (Wildman–Crippen LogP) is 3.63. The number of Topliss-reactive ketones (excluding diaryl/α,β-unsaturated/α-hetero) is 1. The Labute approximate surface area is 116 Å². The Balaban J connectivity index is 1.98. The first kappa shape index (κ1) is 14.3. The Bertz CT molecular complexity index is 578. The average molecular weight is 275 g/mol. The highest BCUT2D eigenvalue weighted by Crippen LogP contribution is 2.18. The fraction of sp³-hybridized carbons (Fsp3) is 0.188. The number of benzene rings is 2. The highest BCUT2D eigenvalue weighted by Gasteiger charge is 2.12. The predicted molar refractivity (Wildman–Crippen MR) is 73.3 cm³/mol. The Morgan fingerprint density at radius 2 is 1.65 bits per heavy atom. The van der Waals surface area contributed by atoms with Crippen LogP contribution in [0.5, 0.6) is 0 Å². The smallest absolute Gasteiger partial charge is 0.163 e. The van der Waals surface area contributed by atoms with Gasteiger partial charge in [-0.05, 0) is 24.1 Å². The van der Waals surface area contributed by atoms with E-state index in [1.165, 1.54) is 0 Å². The van der Waals surface area contributed by atoms with Gasteiger partial charge in [0, 0.05) is 24.1 Å². The normalized spacial score (nSPS) is 12.2. The molecule has 1 unspecified atom stereocenters. The van der Waals surface area contributed by atoms with Crippen LogP contribution in [0.25, 0.3) is 0 Å². The van der Waals surface area contributed by atoms with E-state index in [-0.39, 0.29) is 23.8 Å². The van der Waals surface area contributed by atoms with Crippen molar-refractivity contribution in [1.82, 2.24) is 0 Å². The van der Waals surface area contributed by atoms with Crippen LogP contribution in [0, 0.1) is 11.6 Å². The molecule has 2 aromatic rings. The number of carbonyl (C=O) groups excluding carboxylic acids is 1. The molecule has 0 spiro atoms. The van der Waals surface area contributed by atoms with Crippen LogP contribution in [-0.4, -0.2) is 5.78 Å². The van der Waals surface area contributed by atoms with Gasteiger partial charge in [-0.25, -0.2) is 8.78 Å². The Hall–Kier alpha value is -2.07. The lowest BCUT2D eigenvalue weighted by Crippen LogP contribution is -2.12. The molecule has 0 saturated heterocycles. The second kappa shape index (κ2) is 6.39. The summed E-state index contributed by atoms with van der Waals surface area (Å²) in [6, 6.07) is 12.0. The van der Waals surface area contributed by atoms with Crippen LogP contribution in [0.3, 0.4) is 0 Å². The molecule has 2 nitrogen and oxygen atoms in total. The van der Waals surface area contributed by atoms with Crippen molar-refractivity contribution in [3.8, 4) is 0 Å². The molecule has 1 atom stereocenters. The van der Waals surface area contributed by atoms with E-state index < -0.39 is 11.6 Å². The highest BCUT2D eigenvalue weighted by atomic mass is 19.1. The van der Waals surface area contributed by atoms with Crippen molar-refractivity contribution in [2.24, 2.45) is 5.73 Å². The standard InChI is InChI=1S/C16H15F2NO/c17-13-8-12(9-14(18)10-13)16(20)7-6-15(19)11-4-2-1-3-5-11/h1-5,8-10,15H,6-7,19H2. The summed E-state index contributed by atoms with van der Waals surface area (Å²) in [6.07, 6.45) is 0.583. The first-order valence-corrected chi connectivity index (χ1v) is 6.36. The van der Waals surface area contributed by atoms with Crippen LogP contribution in [0.2, 0.25) is 0 Å². The van der Waals surface area contributed by atoms with Gasteiger partial charge in [-0.15, -0.1) is 0 Å². The highest BCUT2D eigenvalue weighted by molar-refractivity contribution is 5.96. The van der Waals surface area contributed by atoms with E-state index in [1.807, 2.05) is 30.3 Å².